The van der Waals surface area contributed by atoms with Gasteiger partial charge in [-0.15, -0.1) is 0 Å². The standard InChI is InChI=1S/C22H24N6O2/c1-29-20-6-16-15-5-18(13-3-12(9-26-10-13)4-14(24)8-23)28-22(25)17(15)11-27-19(16)7-21(20)30-2/h3,5-7,9-11,14H,4,8,23-24H2,1-2H3,(H2,25,28). The number of hydrogen-bond donors (Lipinski definition) is 3. The van der Waals surface area contributed by atoms with Crippen LogP contribution >= 0.6 is 0 Å². The summed E-state index contributed by atoms with van der Waals surface area (Å²) >= 11 is 0. The summed E-state index contributed by atoms with van der Waals surface area (Å²) in [5, 5.41) is 2.59. The summed E-state index contributed by atoms with van der Waals surface area (Å²) < 4.78 is 10.9. The molecule has 0 aliphatic heterocycles. The van der Waals surface area contributed by atoms with Gasteiger partial charge in [-0.1, -0.05) is 0 Å². The van der Waals surface area contributed by atoms with Gasteiger partial charge in [-0.25, -0.2) is 4.98 Å². The van der Waals surface area contributed by atoms with Crippen molar-refractivity contribution in [3.8, 4) is 22.8 Å². The van der Waals surface area contributed by atoms with Crippen molar-refractivity contribution in [2.75, 3.05) is 26.5 Å². The maximum atomic E-state index is 6.29. The normalized spacial score (nSPS) is 12.3. The summed E-state index contributed by atoms with van der Waals surface area (Å²) in [5.74, 6) is 1.64. The van der Waals surface area contributed by atoms with Crippen molar-refractivity contribution >= 4 is 27.5 Å². The number of fused-ring (bicyclic) bond motifs is 3. The third-order valence-electron chi connectivity index (χ3n) is 5.10. The average Bonchev–Trinajstić information content (AvgIpc) is 2.77. The van der Waals surface area contributed by atoms with Gasteiger partial charge in [0.15, 0.2) is 11.5 Å². The number of aromatic nitrogens is 3. The van der Waals surface area contributed by atoms with Crippen LogP contribution in [0.2, 0.25) is 0 Å². The van der Waals surface area contributed by atoms with E-state index in [2.05, 4.69) is 15.0 Å². The fraction of sp³-hybridized carbons (Fsp3) is 0.227. The molecule has 154 valence electrons. The minimum atomic E-state index is -0.117. The third-order valence-corrected chi connectivity index (χ3v) is 5.10. The number of nitrogens with zero attached hydrogens (tertiary/aromatic N) is 3. The molecule has 1 aromatic carbocycles. The highest BCUT2D eigenvalue weighted by molar-refractivity contribution is 6.10. The predicted octanol–water partition coefficient (Wildman–Crippen LogP) is 2.27. The van der Waals surface area contributed by atoms with Crippen LogP contribution in [0.5, 0.6) is 11.5 Å². The van der Waals surface area contributed by atoms with Crippen molar-refractivity contribution in [3.05, 3.63) is 48.4 Å². The lowest BCUT2D eigenvalue weighted by Crippen LogP contribution is -2.31. The van der Waals surface area contributed by atoms with Crippen LogP contribution in [0.3, 0.4) is 0 Å². The first-order valence-electron chi connectivity index (χ1n) is 9.55. The van der Waals surface area contributed by atoms with E-state index >= 15 is 0 Å². The first-order chi connectivity index (χ1) is 14.5. The van der Waals surface area contributed by atoms with Gasteiger partial charge in [-0.3, -0.25) is 9.97 Å². The zero-order valence-corrected chi connectivity index (χ0v) is 16.9. The van der Waals surface area contributed by atoms with Gasteiger partial charge in [0.2, 0.25) is 0 Å². The number of benzene rings is 1. The molecule has 0 saturated carbocycles. The largest absolute Gasteiger partial charge is 0.493 e. The highest BCUT2D eigenvalue weighted by Gasteiger charge is 2.14. The first-order valence-corrected chi connectivity index (χ1v) is 9.55. The summed E-state index contributed by atoms with van der Waals surface area (Å²) in [6, 6.07) is 7.64. The molecule has 4 rings (SSSR count). The Morgan fingerprint density at radius 2 is 1.70 bits per heavy atom. The zero-order valence-electron chi connectivity index (χ0n) is 16.9. The van der Waals surface area contributed by atoms with E-state index in [0.717, 1.165) is 38.5 Å². The Kier molecular flexibility index (Phi) is 5.35. The first kappa shape index (κ1) is 19.8. The zero-order chi connectivity index (χ0) is 21.3. The SMILES string of the molecule is COc1cc2ncc3c(N)nc(-c4cncc(CC(N)CN)c4)cc3c2cc1OC. The molecule has 6 N–H and O–H groups in total. The fourth-order valence-electron chi connectivity index (χ4n) is 3.53. The van der Waals surface area contributed by atoms with E-state index in [0.29, 0.717) is 30.3 Å². The van der Waals surface area contributed by atoms with Gasteiger partial charge in [0.25, 0.3) is 0 Å². The van der Waals surface area contributed by atoms with Gasteiger partial charge < -0.3 is 26.7 Å². The lowest BCUT2D eigenvalue weighted by atomic mass is 10.0. The number of pyridine rings is 3. The van der Waals surface area contributed by atoms with Crippen molar-refractivity contribution in [2.45, 2.75) is 12.5 Å². The number of nitrogens with two attached hydrogens (primary N) is 3. The molecule has 0 spiro atoms. The lowest BCUT2D eigenvalue weighted by molar-refractivity contribution is 0.356. The van der Waals surface area contributed by atoms with E-state index in [9.17, 15) is 0 Å². The quantitative estimate of drug-likeness (QED) is 0.417. The van der Waals surface area contributed by atoms with Crippen LogP contribution in [0.25, 0.3) is 32.9 Å². The molecule has 1 atom stereocenters. The predicted molar refractivity (Wildman–Crippen MR) is 119 cm³/mol. The van der Waals surface area contributed by atoms with Gasteiger partial charge in [-0.2, -0.15) is 0 Å². The average molecular weight is 404 g/mol. The Hall–Kier alpha value is -3.49. The Bertz CT molecular complexity index is 1230. The lowest BCUT2D eigenvalue weighted by Gasteiger charge is -2.13. The summed E-state index contributed by atoms with van der Waals surface area (Å²) in [4.78, 5) is 13.4. The molecule has 3 heterocycles. The van der Waals surface area contributed by atoms with Crippen molar-refractivity contribution in [3.63, 3.8) is 0 Å². The molecule has 8 nitrogen and oxygen atoms in total. The maximum absolute atomic E-state index is 6.29. The number of anilines is 1. The molecule has 0 saturated heterocycles. The highest BCUT2D eigenvalue weighted by Crippen LogP contribution is 2.36. The molecule has 0 fully saturated rings. The second-order valence-electron chi connectivity index (χ2n) is 7.12. The van der Waals surface area contributed by atoms with Crippen LogP contribution in [0.1, 0.15) is 5.56 Å². The van der Waals surface area contributed by atoms with E-state index in [4.69, 9.17) is 26.7 Å². The highest BCUT2D eigenvalue weighted by atomic mass is 16.5. The van der Waals surface area contributed by atoms with E-state index in [1.165, 1.54) is 0 Å². The fourth-order valence-corrected chi connectivity index (χ4v) is 3.53. The number of methoxy groups -OCH3 is 2. The third kappa shape index (κ3) is 3.58. The Balaban J connectivity index is 1.90. The Morgan fingerprint density at radius 3 is 2.43 bits per heavy atom. The van der Waals surface area contributed by atoms with Crippen LogP contribution in [-0.4, -0.2) is 41.8 Å². The number of ether oxygens (including phenoxy) is 2. The van der Waals surface area contributed by atoms with E-state index in [1.54, 1.807) is 32.8 Å². The van der Waals surface area contributed by atoms with Gasteiger partial charge in [-0.05, 0) is 35.6 Å². The molecule has 3 aromatic heterocycles. The minimum absolute atomic E-state index is 0.117. The van der Waals surface area contributed by atoms with Crippen LogP contribution in [0.15, 0.2) is 42.9 Å². The monoisotopic (exact) mass is 404 g/mol. The Morgan fingerprint density at radius 1 is 0.933 bits per heavy atom. The second-order valence-corrected chi connectivity index (χ2v) is 7.12. The van der Waals surface area contributed by atoms with Gasteiger partial charge in [0.1, 0.15) is 5.82 Å². The van der Waals surface area contributed by atoms with Crippen LogP contribution in [-0.2, 0) is 6.42 Å². The second kappa shape index (κ2) is 8.10. The Labute approximate surface area is 174 Å². The molecule has 8 heteroatoms. The molecular formula is C22H24N6O2. The topological polar surface area (TPSA) is 135 Å². The number of nitrogen functional groups attached to an aromatic ring is 1. The molecule has 0 aliphatic carbocycles. The molecule has 1 unspecified atom stereocenters. The summed E-state index contributed by atoms with van der Waals surface area (Å²) in [5.41, 5.74) is 21.3. The molecule has 0 radical (unpaired) electrons. The van der Waals surface area contributed by atoms with Crippen molar-refractivity contribution in [2.24, 2.45) is 11.5 Å². The van der Waals surface area contributed by atoms with Crippen molar-refractivity contribution in [1.29, 1.82) is 0 Å². The molecule has 30 heavy (non-hydrogen) atoms. The van der Waals surface area contributed by atoms with Crippen molar-refractivity contribution in [1.82, 2.24) is 15.0 Å². The smallest absolute Gasteiger partial charge is 0.162 e. The maximum Gasteiger partial charge on any atom is 0.162 e. The van der Waals surface area contributed by atoms with Gasteiger partial charge in [0, 0.05) is 53.6 Å². The van der Waals surface area contributed by atoms with E-state index in [1.807, 2.05) is 24.3 Å². The number of hydrogen-bond acceptors (Lipinski definition) is 8. The molecular weight excluding hydrogens is 380 g/mol. The molecule has 0 aliphatic rings. The molecule has 4 aromatic rings. The summed E-state index contributed by atoms with van der Waals surface area (Å²) in [6.45, 7) is 0.412. The summed E-state index contributed by atoms with van der Waals surface area (Å²) in [7, 11) is 3.20. The molecule has 0 bridgehead atoms. The summed E-state index contributed by atoms with van der Waals surface area (Å²) in [6.07, 6.45) is 5.92. The number of rotatable bonds is 6. The van der Waals surface area contributed by atoms with Gasteiger partial charge >= 0.3 is 0 Å². The van der Waals surface area contributed by atoms with Crippen molar-refractivity contribution < 1.29 is 9.47 Å². The van der Waals surface area contributed by atoms with Crippen LogP contribution in [0, 0.1) is 0 Å². The molecule has 0 amide bonds. The minimum Gasteiger partial charge on any atom is -0.493 e. The van der Waals surface area contributed by atoms with Gasteiger partial charge in [0.05, 0.1) is 25.4 Å². The van der Waals surface area contributed by atoms with Crippen LogP contribution < -0.4 is 26.7 Å². The van der Waals surface area contributed by atoms with Crippen LogP contribution in [0.4, 0.5) is 5.82 Å². The van der Waals surface area contributed by atoms with E-state index in [-0.39, 0.29) is 6.04 Å². The van der Waals surface area contributed by atoms with E-state index < -0.39 is 0 Å².